The molecule has 2 aliphatic heterocycles. The Morgan fingerprint density at radius 3 is 1.61 bits per heavy atom. The number of rotatable bonds is 7. The zero-order valence-corrected chi connectivity index (χ0v) is 33.2. The molecule has 0 radical (unpaired) electrons. The second-order valence-electron chi connectivity index (χ2n) is 17.4. The van der Waals surface area contributed by atoms with E-state index in [1.54, 1.807) is 30.3 Å². The van der Waals surface area contributed by atoms with Crippen LogP contribution in [0.4, 0.5) is 32.0 Å². The summed E-state index contributed by atoms with van der Waals surface area (Å²) in [5.74, 6) is 0.597. The Kier molecular flexibility index (Phi) is 8.82. The molecule has 2 heterocycles. The summed E-state index contributed by atoms with van der Waals surface area (Å²) in [6, 6.07) is 19.8. The van der Waals surface area contributed by atoms with Gasteiger partial charge in [-0.3, -0.25) is 24.1 Å². The monoisotopic (exact) mass is 850 g/mol. The van der Waals surface area contributed by atoms with Crippen molar-refractivity contribution >= 4 is 29.3 Å². The number of aryl methyl sites for hydroxylation is 1. The van der Waals surface area contributed by atoms with Crippen LogP contribution in [0, 0.1) is 24.7 Å². The molecule has 8 nitrogen and oxygen atoms in total. The molecule has 0 saturated heterocycles. The lowest BCUT2D eigenvalue weighted by Crippen LogP contribution is -2.48. The Morgan fingerprint density at radius 2 is 1.00 bits per heavy atom. The van der Waals surface area contributed by atoms with E-state index in [0.29, 0.717) is 51.5 Å². The second kappa shape index (κ2) is 13.8. The highest BCUT2D eigenvalue weighted by Crippen LogP contribution is 2.62. The maximum atomic E-state index is 14.6. The third-order valence-electron chi connectivity index (χ3n) is 13.3. The van der Waals surface area contributed by atoms with Crippen LogP contribution in [0.15, 0.2) is 91.0 Å². The van der Waals surface area contributed by atoms with Crippen molar-refractivity contribution in [3.63, 3.8) is 0 Å². The zero-order valence-electron chi connectivity index (χ0n) is 33.2. The van der Waals surface area contributed by atoms with Crippen LogP contribution in [0.5, 0.6) is 23.0 Å². The quantitative estimate of drug-likeness (QED) is 0.120. The Morgan fingerprint density at radius 1 is 0.532 bits per heavy atom. The summed E-state index contributed by atoms with van der Waals surface area (Å²) in [5, 5.41) is 0. The van der Waals surface area contributed by atoms with Crippen LogP contribution in [0.3, 0.4) is 0 Å². The molecule has 5 aromatic carbocycles. The van der Waals surface area contributed by atoms with Gasteiger partial charge in [0.25, 0.3) is 23.6 Å². The van der Waals surface area contributed by atoms with Crippen molar-refractivity contribution in [2.75, 3.05) is 11.9 Å². The molecule has 62 heavy (non-hydrogen) atoms. The van der Waals surface area contributed by atoms with E-state index in [1.165, 1.54) is 57.5 Å². The standard InChI is InChI=1S/C48H36F6N2O6/c1-24-3-8-32(38(13-24)47(49,50)51)33-9-4-28(17-39(33)48(52,53)54)56-44(59)35-11-6-30(19-37(35)45(56)60)62-41-12-7-31(61-29-5-10-34-36(18-29)43(58)55(2)42(34)57)20-40(41)46-21-25-14-26(22-46)16-27(15-25)23-46/h3-13,17-20,25-27H,14-16,21-23H2,1-2H3. The third-order valence-corrected chi connectivity index (χ3v) is 13.3. The Labute approximate surface area is 351 Å². The van der Waals surface area contributed by atoms with Gasteiger partial charge in [0.15, 0.2) is 0 Å². The van der Waals surface area contributed by atoms with Gasteiger partial charge in [-0.25, -0.2) is 4.90 Å². The molecule has 316 valence electrons. The number of hydrogen-bond donors (Lipinski definition) is 0. The first kappa shape index (κ1) is 39.7. The predicted octanol–water partition coefficient (Wildman–Crippen LogP) is 11.8. The minimum atomic E-state index is -5.15. The fraction of sp³-hybridized carbons (Fsp3) is 0.292. The normalized spacial score (nSPS) is 22.7. The predicted molar refractivity (Wildman–Crippen MR) is 214 cm³/mol. The molecule has 4 amide bonds. The molecule has 14 heteroatoms. The number of hydrogen-bond acceptors (Lipinski definition) is 6. The SMILES string of the molecule is Cc1ccc(-c2ccc(N3C(=O)c4ccc(Oc5ccc(Oc6ccc7c(c6)C(=O)N(C)C7=O)cc5C56CC7CC(CC(C7)C5)C6)cc4C3=O)cc2C(F)(F)F)c(C(F)(F)F)c1. The van der Waals surface area contributed by atoms with Gasteiger partial charge in [0.2, 0.25) is 0 Å². The van der Waals surface area contributed by atoms with Gasteiger partial charge in [-0.2, -0.15) is 26.3 Å². The fourth-order valence-electron chi connectivity index (χ4n) is 11.0. The Balaban J connectivity index is 0.978. The molecule has 0 spiro atoms. The Hall–Kier alpha value is -6.44. The summed E-state index contributed by atoms with van der Waals surface area (Å²) < 4.78 is 98.8. The topological polar surface area (TPSA) is 93.2 Å². The van der Waals surface area contributed by atoms with Gasteiger partial charge in [0.05, 0.1) is 39.1 Å². The summed E-state index contributed by atoms with van der Waals surface area (Å²) in [7, 11) is 1.42. The Bertz CT molecular complexity index is 2760. The van der Waals surface area contributed by atoms with Gasteiger partial charge in [-0.15, -0.1) is 0 Å². The second-order valence-corrected chi connectivity index (χ2v) is 17.4. The first-order valence-electron chi connectivity index (χ1n) is 20.3. The molecule has 6 aliphatic rings. The number of alkyl halides is 6. The molecule has 0 atom stereocenters. The minimum absolute atomic E-state index is 0.0799. The maximum Gasteiger partial charge on any atom is 0.417 e. The van der Waals surface area contributed by atoms with Gasteiger partial charge in [-0.05, 0) is 153 Å². The highest BCUT2D eigenvalue weighted by atomic mass is 19.4. The smallest absolute Gasteiger partial charge is 0.417 e. The van der Waals surface area contributed by atoms with Crippen molar-refractivity contribution in [3.8, 4) is 34.1 Å². The molecule has 0 unspecified atom stereocenters. The van der Waals surface area contributed by atoms with Gasteiger partial charge in [0, 0.05) is 12.6 Å². The number of imide groups is 2. The summed E-state index contributed by atoms with van der Waals surface area (Å²) in [5.41, 5.74) is -3.36. The van der Waals surface area contributed by atoms with Crippen molar-refractivity contribution in [2.24, 2.45) is 17.8 Å². The van der Waals surface area contributed by atoms with Gasteiger partial charge in [0.1, 0.15) is 23.0 Å². The summed E-state index contributed by atoms with van der Waals surface area (Å²) in [6.45, 7) is 1.40. The molecular formula is C48H36F6N2O6. The number of fused-ring (bicyclic) bond motifs is 2. The summed E-state index contributed by atoms with van der Waals surface area (Å²) >= 11 is 0. The van der Waals surface area contributed by atoms with E-state index < -0.39 is 58.0 Å². The zero-order chi connectivity index (χ0) is 43.6. The van der Waals surface area contributed by atoms with Crippen LogP contribution in [-0.4, -0.2) is 35.6 Å². The lowest BCUT2D eigenvalue weighted by molar-refractivity contribution is -0.139. The first-order valence-corrected chi connectivity index (χ1v) is 20.3. The van der Waals surface area contributed by atoms with E-state index in [4.69, 9.17) is 9.47 Å². The maximum absolute atomic E-state index is 14.6. The third kappa shape index (κ3) is 6.44. The molecule has 0 N–H and O–H groups in total. The van der Waals surface area contributed by atoms with E-state index in [1.807, 2.05) is 6.07 Å². The average Bonchev–Trinajstić information content (AvgIpc) is 3.59. The lowest BCUT2D eigenvalue weighted by Gasteiger charge is -2.57. The molecule has 11 rings (SSSR count). The van der Waals surface area contributed by atoms with Crippen LogP contribution in [0.2, 0.25) is 0 Å². The van der Waals surface area contributed by atoms with Crippen molar-refractivity contribution < 1.29 is 55.0 Å². The van der Waals surface area contributed by atoms with E-state index in [9.17, 15) is 45.5 Å². The van der Waals surface area contributed by atoms with Crippen LogP contribution in [-0.2, 0) is 17.8 Å². The number of halogens is 6. The number of ether oxygens (including phenoxy) is 2. The average molecular weight is 851 g/mol. The number of benzene rings is 5. The number of amides is 4. The molecule has 4 fully saturated rings. The van der Waals surface area contributed by atoms with Gasteiger partial charge < -0.3 is 9.47 Å². The number of nitrogens with zero attached hydrogens (tertiary/aromatic N) is 2. The molecule has 4 saturated carbocycles. The summed E-state index contributed by atoms with van der Waals surface area (Å²) in [6.07, 6.45) is -3.73. The number of carbonyl (C=O) groups is 4. The van der Waals surface area contributed by atoms with Crippen LogP contribution in [0.25, 0.3) is 11.1 Å². The first-order chi connectivity index (χ1) is 29.4. The highest BCUT2D eigenvalue weighted by molar-refractivity contribution is 6.34. The van der Waals surface area contributed by atoms with E-state index in [-0.39, 0.29) is 39.3 Å². The van der Waals surface area contributed by atoms with Gasteiger partial charge in [-0.1, -0.05) is 23.8 Å². The molecule has 4 aliphatic carbocycles. The number of carbonyl (C=O) groups excluding carboxylic acids is 4. The number of anilines is 1. The van der Waals surface area contributed by atoms with Crippen molar-refractivity contribution in [1.29, 1.82) is 0 Å². The van der Waals surface area contributed by atoms with Crippen LogP contribution >= 0.6 is 0 Å². The van der Waals surface area contributed by atoms with E-state index in [0.717, 1.165) is 54.0 Å². The van der Waals surface area contributed by atoms with Crippen molar-refractivity contribution in [1.82, 2.24) is 4.90 Å². The molecule has 0 aromatic heterocycles. The largest absolute Gasteiger partial charge is 0.457 e. The van der Waals surface area contributed by atoms with Crippen molar-refractivity contribution in [2.45, 2.75) is 63.2 Å². The minimum Gasteiger partial charge on any atom is -0.457 e. The fourth-order valence-corrected chi connectivity index (χ4v) is 11.0. The van der Waals surface area contributed by atoms with Crippen molar-refractivity contribution in [3.05, 3.63) is 136 Å². The molecule has 4 bridgehead atoms. The molecule has 5 aromatic rings. The van der Waals surface area contributed by atoms with Crippen LogP contribution < -0.4 is 14.4 Å². The lowest BCUT2D eigenvalue weighted by atomic mass is 9.48. The molecular weight excluding hydrogens is 815 g/mol. The van der Waals surface area contributed by atoms with Crippen LogP contribution in [0.1, 0.15) is 102 Å². The summed E-state index contributed by atoms with van der Waals surface area (Å²) in [4.78, 5) is 54.5. The van der Waals surface area contributed by atoms with Gasteiger partial charge >= 0.3 is 12.4 Å². The highest BCUT2D eigenvalue weighted by Gasteiger charge is 2.53. The van der Waals surface area contributed by atoms with E-state index >= 15 is 0 Å². The van der Waals surface area contributed by atoms with E-state index in [2.05, 4.69) is 0 Å².